The standard InChI is InChI=1S/C16H26N2O/c1-14(15-7-6-8-16(13-15)19-2)17-9-12-18-10-4-3-5-11-18/h6-8,13-14,17H,3-5,9-12H2,1-2H3. The molecule has 0 saturated carbocycles. The number of ether oxygens (including phenoxy) is 1. The molecule has 0 bridgehead atoms. The fourth-order valence-corrected chi connectivity index (χ4v) is 2.65. The molecular weight excluding hydrogens is 236 g/mol. The minimum atomic E-state index is 0.375. The predicted octanol–water partition coefficient (Wildman–Crippen LogP) is 2.83. The monoisotopic (exact) mass is 262 g/mol. The zero-order chi connectivity index (χ0) is 13.5. The summed E-state index contributed by atoms with van der Waals surface area (Å²) in [7, 11) is 1.72. The van der Waals surface area contributed by atoms with Crippen molar-refractivity contribution >= 4 is 0 Å². The number of hydrogen-bond donors (Lipinski definition) is 1. The molecule has 0 aromatic heterocycles. The molecule has 1 aromatic rings. The summed E-state index contributed by atoms with van der Waals surface area (Å²) in [5.74, 6) is 0.933. The molecule has 1 saturated heterocycles. The third-order valence-corrected chi connectivity index (χ3v) is 3.92. The van der Waals surface area contributed by atoms with Gasteiger partial charge in [0.25, 0.3) is 0 Å². The van der Waals surface area contributed by atoms with E-state index in [0.717, 1.165) is 18.8 Å². The van der Waals surface area contributed by atoms with Gasteiger partial charge in [-0.2, -0.15) is 0 Å². The number of piperidine rings is 1. The predicted molar refractivity (Wildman–Crippen MR) is 79.7 cm³/mol. The first-order valence-electron chi connectivity index (χ1n) is 7.39. The van der Waals surface area contributed by atoms with E-state index < -0.39 is 0 Å². The van der Waals surface area contributed by atoms with Gasteiger partial charge in [-0.1, -0.05) is 18.6 Å². The summed E-state index contributed by atoms with van der Waals surface area (Å²) < 4.78 is 5.27. The lowest BCUT2D eigenvalue weighted by Crippen LogP contribution is -2.36. The molecule has 1 aliphatic rings. The normalized spacial score (nSPS) is 18.2. The molecule has 1 atom stereocenters. The lowest BCUT2D eigenvalue weighted by Gasteiger charge is -2.27. The van der Waals surface area contributed by atoms with Crippen LogP contribution in [0.3, 0.4) is 0 Å². The number of nitrogens with one attached hydrogen (secondary N) is 1. The van der Waals surface area contributed by atoms with Crippen LogP contribution < -0.4 is 10.1 Å². The molecule has 1 fully saturated rings. The average molecular weight is 262 g/mol. The molecule has 0 amide bonds. The van der Waals surface area contributed by atoms with Gasteiger partial charge in [-0.05, 0) is 50.6 Å². The fourth-order valence-electron chi connectivity index (χ4n) is 2.65. The van der Waals surface area contributed by atoms with E-state index in [1.54, 1.807) is 7.11 Å². The smallest absolute Gasteiger partial charge is 0.119 e. The first kappa shape index (κ1) is 14.4. The van der Waals surface area contributed by atoms with Gasteiger partial charge in [0.05, 0.1) is 7.11 Å². The molecule has 2 rings (SSSR count). The summed E-state index contributed by atoms with van der Waals surface area (Å²) in [6, 6.07) is 8.68. The number of nitrogens with zero attached hydrogens (tertiary/aromatic N) is 1. The van der Waals surface area contributed by atoms with Gasteiger partial charge in [-0.3, -0.25) is 0 Å². The lowest BCUT2D eigenvalue weighted by atomic mass is 10.1. The van der Waals surface area contributed by atoms with Gasteiger partial charge in [0, 0.05) is 19.1 Å². The summed E-state index contributed by atoms with van der Waals surface area (Å²) in [5, 5.41) is 3.60. The Morgan fingerprint density at radius 2 is 2.05 bits per heavy atom. The van der Waals surface area contributed by atoms with Crippen molar-refractivity contribution in [3.63, 3.8) is 0 Å². The van der Waals surface area contributed by atoms with E-state index in [-0.39, 0.29) is 0 Å². The molecule has 19 heavy (non-hydrogen) atoms. The molecule has 3 heteroatoms. The summed E-state index contributed by atoms with van der Waals surface area (Å²) in [4.78, 5) is 2.56. The van der Waals surface area contributed by atoms with Crippen molar-refractivity contribution in [2.45, 2.75) is 32.2 Å². The summed E-state index contributed by atoms with van der Waals surface area (Å²) >= 11 is 0. The summed E-state index contributed by atoms with van der Waals surface area (Å²) in [5.41, 5.74) is 1.29. The highest BCUT2D eigenvalue weighted by molar-refractivity contribution is 5.30. The molecule has 0 spiro atoms. The Bertz CT molecular complexity index is 375. The number of likely N-dealkylation sites (tertiary alicyclic amines) is 1. The molecule has 1 aliphatic heterocycles. The zero-order valence-electron chi connectivity index (χ0n) is 12.2. The highest BCUT2D eigenvalue weighted by Crippen LogP contribution is 2.18. The van der Waals surface area contributed by atoms with Crippen LogP contribution in [0.15, 0.2) is 24.3 Å². The van der Waals surface area contributed by atoms with Gasteiger partial charge < -0.3 is 15.0 Å². The van der Waals surface area contributed by atoms with E-state index in [2.05, 4.69) is 35.3 Å². The summed E-state index contributed by atoms with van der Waals surface area (Å²) in [6.07, 6.45) is 4.14. The third-order valence-electron chi connectivity index (χ3n) is 3.92. The second kappa shape index (κ2) is 7.51. The van der Waals surface area contributed by atoms with Gasteiger partial charge >= 0.3 is 0 Å². The Balaban J connectivity index is 1.75. The molecule has 106 valence electrons. The maximum absolute atomic E-state index is 5.27. The minimum absolute atomic E-state index is 0.375. The molecule has 1 unspecified atom stereocenters. The Kier molecular flexibility index (Phi) is 5.67. The maximum atomic E-state index is 5.27. The maximum Gasteiger partial charge on any atom is 0.119 e. The van der Waals surface area contributed by atoms with Gasteiger partial charge in [-0.15, -0.1) is 0 Å². The number of rotatable bonds is 6. The fraction of sp³-hybridized carbons (Fsp3) is 0.625. The van der Waals surface area contributed by atoms with E-state index >= 15 is 0 Å². The highest BCUT2D eigenvalue weighted by Gasteiger charge is 2.10. The first-order chi connectivity index (χ1) is 9.29. The number of methoxy groups -OCH3 is 1. The zero-order valence-corrected chi connectivity index (χ0v) is 12.2. The van der Waals surface area contributed by atoms with E-state index in [0.29, 0.717) is 6.04 Å². The molecule has 1 heterocycles. The Morgan fingerprint density at radius 3 is 2.79 bits per heavy atom. The van der Waals surface area contributed by atoms with Crippen LogP contribution >= 0.6 is 0 Å². The van der Waals surface area contributed by atoms with Crippen molar-refractivity contribution in [3.05, 3.63) is 29.8 Å². The highest BCUT2D eigenvalue weighted by atomic mass is 16.5. The van der Waals surface area contributed by atoms with Gasteiger partial charge in [0.1, 0.15) is 5.75 Å². The largest absolute Gasteiger partial charge is 0.497 e. The molecule has 1 N–H and O–H groups in total. The molecule has 3 nitrogen and oxygen atoms in total. The van der Waals surface area contributed by atoms with Gasteiger partial charge in [0.15, 0.2) is 0 Å². The van der Waals surface area contributed by atoms with Crippen LogP contribution in [0.25, 0.3) is 0 Å². The first-order valence-corrected chi connectivity index (χ1v) is 7.39. The van der Waals surface area contributed by atoms with Crippen molar-refractivity contribution in [2.24, 2.45) is 0 Å². The lowest BCUT2D eigenvalue weighted by molar-refractivity contribution is 0.227. The van der Waals surface area contributed by atoms with Crippen molar-refractivity contribution in [1.29, 1.82) is 0 Å². The third kappa shape index (κ3) is 4.51. The van der Waals surface area contributed by atoms with Gasteiger partial charge in [-0.25, -0.2) is 0 Å². The second-order valence-corrected chi connectivity index (χ2v) is 5.35. The van der Waals surface area contributed by atoms with Crippen molar-refractivity contribution in [3.8, 4) is 5.75 Å². The molecule has 1 aromatic carbocycles. The van der Waals surface area contributed by atoms with Crippen LogP contribution in [-0.2, 0) is 0 Å². The Morgan fingerprint density at radius 1 is 1.26 bits per heavy atom. The minimum Gasteiger partial charge on any atom is -0.497 e. The topological polar surface area (TPSA) is 24.5 Å². The van der Waals surface area contributed by atoms with E-state index in [4.69, 9.17) is 4.74 Å². The Labute approximate surface area is 116 Å². The van der Waals surface area contributed by atoms with E-state index in [1.165, 1.54) is 37.9 Å². The van der Waals surface area contributed by atoms with Crippen LogP contribution in [0.2, 0.25) is 0 Å². The quantitative estimate of drug-likeness (QED) is 0.853. The van der Waals surface area contributed by atoms with Crippen LogP contribution in [0.5, 0.6) is 5.75 Å². The van der Waals surface area contributed by atoms with Crippen LogP contribution in [0, 0.1) is 0 Å². The SMILES string of the molecule is COc1cccc(C(C)NCCN2CCCCC2)c1. The number of benzene rings is 1. The van der Waals surface area contributed by atoms with Crippen molar-refractivity contribution in [1.82, 2.24) is 10.2 Å². The van der Waals surface area contributed by atoms with E-state index in [1.807, 2.05) is 6.07 Å². The molecule has 0 aliphatic carbocycles. The van der Waals surface area contributed by atoms with Crippen molar-refractivity contribution in [2.75, 3.05) is 33.3 Å². The average Bonchev–Trinajstić information content (AvgIpc) is 2.48. The molecular formula is C16H26N2O. The number of hydrogen-bond acceptors (Lipinski definition) is 3. The summed E-state index contributed by atoms with van der Waals surface area (Å²) in [6.45, 7) is 6.97. The molecule has 0 radical (unpaired) electrons. The van der Waals surface area contributed by atoms with Crippen LogP contribution in [0.1, 0.15) is 37.8 Å². The van der Waals surface area contributed by atoms with E-state index in [9.17, 15) is 0 Å². The van der Waals surface area contributed by atoms with Gasteiger partial charge in [0.2, 0.25) is 0 Å². The van der Waals surface area contributed by atoms with Crippen LogP contribution in [0.4, 0.5) is 0 Å². The second-order valence-electron chi connectivity index (χ2n) is 5.35. The van der Waals surface area contributed by atoms with Crippen molar-refractivity contribution < 1.29 is 4.74 Å². The van der Waals surface area contributed by atoms with Crippen LogP contribution in [-0.4, -0.2) is 38.2 Å². The Hall–Kier alpha value is -1.06.